The van der Waals surface area contributed by atoms with Crippen LogP contribution in [-0.4, -0.2) is 9.13 Å². The molecule has 16 aromatic rings. The number of para-hydroxylation sites is 4. The summed E-state index contributed by atoms with van der Waals surface area (Å²) in [6.45, 7) is -1.06. The third-order valence-electron chi connectivity index (χ3n) is 17.8. The Morgan fingerprint density at radius 1 is 0.261 bits per heavy atom. The second-order valence-electron chi connectivity index (χ2n) is 23.2. The Morgan fingerprint density at radius 2 is 0.598 bits per heavy atom. The van der Waals surface area contributed by atoms with E-state index in [1.54, 1.807) is 12.1 Å². The second kappa shape index (κ2) is 23.7. The first kappa shape index (κ1) is 48.7. The molecule has 4 heteroatoms. The van der Waals surface area contributed by atoms with Crippen molar-refractivity contribution in [1.82, 2.24) is 9.13 Å². The van der Waals surface area contributed by atoms with Crippen molar-refractivity contribution >= 4 is 89.8 Å². The average molecular weight is 1180 g/mol. The zero-order valence-corrected chi connectivity index (χ0v) is 50.1. The van der Waals surface area contributed by atoms with Crippen molar-refractivity contribution < 1.29 is 8.22 Å². The molecular formula is C88H62N4. The summed E-state index contributed by atoms with van der Waals surface area (Å²) in [6, 6.07) is 118. The smallest absolute Gasteiger partial charge is 0.0623 e. The molecule has 0 saturated carbocycles. The highest BCUT2D eigenvalue weighted by molar-refractivity contribution is 6.12. The van der Waals surface area contributed by atoms with Gasteiger partial charge in [0, 0.05) is 66.8 Å². The van der Waals surface area contributed by atoms with Crippen LogP contribution in [-0.2, 0) is 0 Å². The molecule has 0 aliphatic carbocycles. The van der Waals surface area contributed by atoms with Gasteiger partial charge in [0.15, 0.2) is 0 Å². The third-order valence-corrected chi connectivity index (χ3v) is 17.8. The van der Waals surface area contributed by atoms with Crippen LogP contribution < -0.4 is 9.80 Å². The lowest BCUT2D eigenvalue weighted by Gasteiger charge is -2.29. The number of hydrogen-bond acceptors (Lipinski definition) is 2. The van der Waals surface area contributed by atoms with Crippen LogP contribution in [0.4, 0.5) is 34.1 Å². The highest BCUT2D eigenvalue weighted by atomic mass is 15.2. The Bertz CT molecular complexity index is 5380. The molecule has 0 aliphatic heterocycles. The van der Waals surface area contributed by atoms with E-state index in [-0.39, 0.29) is 12.1 Å². The average Bonchev–Trinajstić information content (AvgIpc) is 1.22. The maximum absolute atomic E-state index is 8.54. The zero-order chi connectivity index (χ0) is 66.4. The van der Waals surface area contributed by atoms with Gasteiger partial charge in [-0.25, -0.2) is 0 Å². The predicted molar refractivity (Wildman–Crippen MR) is 392 cm³/mol. The summed E-state index contributed by atoms with van der Waals surface area (Å²) in [5.41, 5.74) is 23.2. The minimum absolute atomic E-state index is 0.130. The molecular weight excluding hydrogens is 1110 g/mol. The molecule has 0 N–H and O–H groups in total. The Balaban J connectivity index is 0.840. The molecule has 0 unspecified atom stereocenters. The monoisotopic (exact) mass is 1180 g/mol. The number of benzene rings is 14. The van der Waals surface area contributed by atoms with Gasteiger partial charge >= 0.3 is 0 Å². The number of rotatable bonds is 15. The van der Waals surface area contributed by atoms with Crippen LogP contribution in [0.1, 0.15) is 19.4 Å². The summed E-state index contributed by atoms with van der Waals surface area (Å²) in [4.78, 5) is 4.71. The van der Waals surface area contributed by atoms with Crippen LogP contribution in [0.5, 0.6) is 0 Å². The van der Waals surface area contributed by atoms with E-state index >= 15 is 0 Å². The van der Waals surface area contributed by atoms with Crippen molar-refractivity contribution in [3.63, 3.8) is 0 Å². The van der Waals surface area contributed by atoms with Gasteiger partial charge in [0.1, 0.15) is 0 Å². The predicted octanol–water partition coefficient (Wildman–Crippen LogP) is 24.4. The quantitative estimate of drug-likeness (QED) is 0.102. The summed E-state index contributed by atoms with van der Waals surface area (Å²) in [6.07, 6.45) is 0. The topological polar surface area (TPSA) is 16.3 Å². The third kappa shape index (κ3) is 10.0. The van der Waals surface area contributed by atoms with Crippen LogP contribution in [0.3, 0.4) is 0 Å². The lowest BCUT2D eigenvalue weighted by atomic mass is 9.95. The molecule has 0 atom stereocenters. The minimum Gasteiger partial charge on any atom is -0.310 e. The van der Waals surface area contributed by atoms with Gasteiger partial charge in [0.25, 0.3) is 0 Å². The summed E-state index contributed by atoms with van der Waals surface area (Å²) in [5.74, 6) is 0. The normalized spacial score (nSPS) is 12.2. The van der Waals surface area contributed by atoms with Gasteiger partial charge in [-0.2, -0.15) is 0 Å². The van der Waals surface area contributed by atoms with Crippen molar-refractivity contribution in [2.45, 2.75) is 0 Å². The van der Waals surface area contributed by atoms with E-state index in [0.29, 0.717) is 11.1 Å². The molecule has 16 rings (SSSR count). The first-order valence-corrected chi connectivity index (χ1v) is 31.0. The maximum atomic E-state index is 8.54. The molecule has 14 aromatic carbocycles. The van der Waals surface area contributed by atoms with E-state index in [1.807, 2.05) is 48.5 Å². The Morgan fingerprint density at radius 3 is 1.01 bits per heavy atom. The summed E-state index contributed by atoms with van der Waals surface area (Å²) < 4.78 is 53.5. The molecule has 0 fully saturated rings. The molecule has 434 valence electrons. The Kier molecular flexibility index (Phi) is 12.6. The molecule has 0 radical (unpaired) electrons. The first-order valence-electron chi connectivity index (χ1n) is 34.0. The fraction of sp³-hybridized carbons (Fsp3) is 0. The SMILES string of the molecule is [2H]C([2H])=C([2H])c1cccc(-c2ccc(N(c3ccc(-c4ccc(N(c5ccc6c(c5)c5ccccc5n6-c5ccccc5)c5ccc(-c6cccc(C([2H])=C([2H])[2H])c6)cc5-c5ccccc5)cc4)cc3)c3ccc4c(c3)c3ccccc3n4-c3ccccc3)c(-c3ccccc3)c2)c1. The number of aromatic nitrogens is 2. The van der Waals surface area contributed by atoms with E-state index in [4.69, 9.17) is 8.22 Å². The molecule has 0 bridgehead atoms. The number of anilines is 6. The van der Waals surface area contributed by atoms with Gasteiger partial charge in [-0.05, 0) is 189 Å². The van der Waals surface area contributed by atoms with E-state index in [2.05, 4.69) is 298 Å². The van der Waals surface area contributed by atoms with Crippen molar-refractivity contribution in [2.24, 2.45) is 0 Å². The molecule has 0 aliphatic rings. The fourth-order valence-electron chi connectivity index (χ4n) is 13.4. The summed E-state index contributed by atoms with van der Waals surface area (Å²) >= 11 is 0. The lowest BCUT2D eigenvalue weighted by molar-refractivity contribution is 1.18. The lowest BCUT2D eigenvalue weighted by Crippen LogP contribution is -2.12. The number of nitrogens with zero attached hydrogens (tertiary/aromatic N) is 4. The van der Waals surface area contributed by atoms with Gasteiger partial charge in [-0.15, -0.1) is 0 Å². The van der Waals surface area contributed by atoms with Crippen molar-refractivity contribution in [1.29, 1.82) is 0 Å². The van der Waals surface area contributed by atoms with E-state index in [0.717, 1.165) is 145 Å². The van der Waals surface area contributed by atoms with Crippen molar-refractivity contribution in [3.8, 4) is 67.0 Å². The van der Waals surface area contributed by atoms with Gasteiger partial charge in [-0.3, -0.25) is 0 Å². The van der Waals surface area contributed by atoms with Gasteiger partial charge < -0.3 is 18.9 Å². The molecule has 4 nitrogen and oxygen atoms in total. The fourth-order valence-corrected chi connectivity index (χ4v) is 13.4. The van der Waals surface area contributed by atoms with Crippen LogP contribution >= 0.6 is 0 Å². The Labute approximate surface area is 545 Å². The first-order chi connectivity index (χ1) is 48.1. The highest BCUT2D eigenvalue weighted by Gasteiger charge is 2.24. The van der Waals surface area contributed by atoms with Crippen LogP contribution in [0.2, 0.25) is 0 Å². The van der Waals surface area contributed by atoms with E-state index in [1.165, 1.54) is 0 Å². The molecule has 2 heterocycles. The minimum atomic E-state index is -0.531. The second-order valence-corrected chi connectivity index (χ2v) is 23.2. The zero-order valence-electron chi connectivity index (χ0n) is 56.1. The van der Waals surface area contributed by atoms with Crippen molar-refractivity contribution in [2.75, 3.05) is 9.80 Å². The standard InChI is InChI=1S/C88H62N4/c1-3-61-23-21-29-67(55-61)69-43-51-85(79(57-69)65-25-9-5-10-26-65)89(75-49-53-87-81(59-75)77-35-17-19-37-83(77)91(87)71-31-13-7-14-32-71)73-45-39-63(40-46-73)64-41-47-74(48-42-64)90(76-50-54-88-82(60-76)78-36-18-20-38-84(78)92(88)72-33-15-8-16-34-72)86-52-44-70(68-30-22-24-62(4-2)56-68)58-80(86)66-27-11-6-12-28-66/h3-60H,1-2H2/i1D2,2D2,3D,4D. The molecule has 0 saturated heterocycles. The largest absolute Gasteiger partial charge is 0.310 e. The molecule has 0 amide bonds. The summed E-state index contributed by atoms with van der Waals surface area (Å²) in [7, 11) is 0. The summed E-state index contributed by atoms with van der Waals surface area (Å²) in [5, 5.41) is 4.54. The highest BCUT2D eigenvalue weighted by Crippen LogP contribution is 2.48. The van der Waals surface area contributed by atoms with Gasteiger partial charge in [0.2, 0.25) is 0 Å². The van der Waals surface area contributed by atoms with E-state index < -0.39 is 13.1 Å². The number of hydrogen-bond donors (Lipinski definition) is 0. The van der Waals surface area contributed by atoms with Crippen molar-refractivity contribution in [3.05, 3.63) is 364 Å². The van der Waals surface area contributed by atoms with Gasteiger partial charge in [-0.1, -0.05) is 231 Å². The maximum Gasteiger partial charge on any atom is 0.0623 e. The van der Waals surface area contributed by atoms with Gasteiger partial charge in [0.05, 0.1) is 41.7 Å². The van der Waals surface area contributed by atoms with E-state index in [9.17, 15) is 0 Å². The molecule has 2 aromatic heterocycles. The van der Waals surface area contributed by atoms with Crippen LogP contribution in [0.15, 0.2) is 353 Å². The van der Waals surface area contributed by atoms with Crippen LogP contribution in [0.25, 0.3) is 123 Å². The number of fused-ring (bicyclic) bond motifs is 6. The Hall–Kier alpha value is -12.2. The molecule has 92 heavy (non-hydrogen) atoms. The van der Waals surface area contributed by atoms with Crippen LogP contribution in [0, 0.1) is 0 Å². The molecule has 0 spiro atoms.